The van der Waals surface area contributed by atoms with Crippen LogP contribution in [0, 0.1) is 5.82 Å². The molecule has 0 atom stereocenters. The molecule has 3 aromatic rings. The topological polar surface area (TPSA) is 51.2 Å². The number of halogens is 1. The fourth-order valence-electron chi connectivity index (χ4n) is 2.73. The molecule has 0 bridgehead atoms. The number of carbonyl (C=O) groups excluding carboxylic acids is 1. The Hall–Kier alpha value is -2.99. The highest BCUT2D eigenvalue weighted by Crippen LogP contribution is 2.39. The van der Waals surface area contributed by atoms with Crippen LogP contribution in [0.1, 0.15) is 5.56 Å². The molecule has 2 aromatic carbocycles. The minimum Gasteiger partial charge on any atom is -0.482 e. The molecule has 4 nitrogen and oxygen atoms in total. The second-order valence-corrected chi connectivity index (χ2v) is 6.34. The van der Waals surface area contributed by atoms with Crippen molar-refractivity contribution in [2.45, 2.75) is 0 Å². The maximum absolute atomic E-state index is 13.1. The van der Waals surface area contributed by atoms with E-state index in [1.807, 2.05) is 17.5 Å². The van der Waals surface area contributed by atoms with Crippen LogP contribution >= 0.6 is 11.3 Å². The number of amides is 1. The van der Waals surface area contributed by atoms with Gasteiger partial charge in [0.15, 0.2) is 6.61 Å². The minimum atomic E-state index is -0.278. The summed E-state index contributed by atoms with van der Waals surface area (Å²) in [7, 11) is 0. The first-order valence-electron chi connectivity index (χ1n) is 7.59. The van der Waals surface area contributed by atoms with Crippen LogP contribution in [-0.4, -0.2) is 17.5 Å². The van der Waals surface area contributed by atoms with Crippen molar-refractivity contribution in [1.82, 2.24) is 4.98 Å². The van der Waals surface area contributed by atoms with E-state index in [1.54, 1.807) is 18.2 Å². The highest BCUT2D eigenvalue weighted by molar-refractivity contribution is 7.13. The van der Waals surface area contributed by atoms with Gasteiger partial charge in [0, 0.05) is 22.1 Å². The van der Waals surface area contributed by atoms with E-state index in [-0.39, 0.29) is 18.3 Å². The van der Waals surface area contributed by atoms with Gasteiger partial charge in [0.1, 0.15) is 16.6 Å². The summed E-state index contributed by atoms with van der Waals surface area (Å²) in [6, 6.07) is 9.94. The van der Waals surface area contributed by atoms with E-state index in [9.17, 15) is 9.18 Å². The van der Waals surface area contributed by atoms with E-state index in [2.05, 4.69) is 16.9 Å². The Morgan fingerprint density at radius 1 is 1.24 bits per heavy atom. The molecule has 2 heterocycles. The molecule has 0 fully saturated rings. The van der Waals surface area contributed by atoms with Crippen molar-refractivity contribution in [3.8, 4) is 27.6 Å². The molecule has 1 N–H and O–H groups in total. The van der Waals surface area contributed by atoms with Crippen LogP contribution < -0.4 is 10.1 Å². The maximum atomic E-state index is 13.1. The summed E-state index contributed by atoms with van der Waals surface area (Å²) in [5, 5.41) is 5.56. The van der Waals surface area contributed by atoms with Gasteiger partial charge in [0.05, 0.1) is 11.4 Å². The minimum absolute atomic E-state index is 0.00828. The molecular formula is C19H13FN2O2S. The van der Waals surface area contributed by atoms with Crippen molar-refractivity contribution >= 4 is 29.0 Å². The summed E-state index contributed by atoms with van der Waals surface area (Å²) < 4.78 is 18.5. The number of hydrogen-bond acceptors (Lipinski definition) is 4. The second kappa shape index (κ2) is 6.14. The number of ether oxygens (including phenoxy) is 1. The molecule has 0 unspecified atom stereocenters. The summed E-state index contributed by atoms with van der Waals surface area (Å²) in [4.78, 5) is 16.3. The molecule has 1 aromatic heterocycles. The molecule has 124 valence electrons. The van der Waals surface area contributed by atoms with Gasteiger partial charge in [-0.25, -0.2) is 9.37 Å². The lowest BCUT2D eigenvalue weighted by Crippen LogP contribution is -2.26. The Kier molecular flexibility index (Phi) is 3.82. The van der Waals surface area contributed by atoms with Crippen molar-refractivity contribution in [2.24, 2.45) is 0 Å². The number of nitrogens with zero attached hydrogens (tertiary/aromatic N) is 1. The van der Waals surface area contributed by atoms with Crippen molar-refractivity contribution in [3.05, 3.63) is 59.7 Å². The number of carbonyl (C=O) groups is 1. The molecule has 0 spiro atoms. The number of benzene rings is 2. The molecule has 1 aliphatic rings. The van der Waals surface area contributed by atoms with Gasteiger partial charge < -0.3 is 10.1 Å². The lowest BCUT2D eigenvalue weighted by molar-refractivity contribution is -0.118. The molecular weight excluding hydrogens is 339 g/mol. The molecule has 0 radical (unpaired) electrons. The Morgan fingerprint density at radius 3 is 2.80 bits per heavy atom. The molecule has 4 rings (SSSR count). The van der Waals surface area contributed by atoms with E-state index in [0.29, 0.717) is 11.4 Å². The highest BCUT2D eigenvalue weighted by atomic mass is 32.1. The summed E-state index contributed by atoms with van der Waals surface area (Å²) in [6.45, 7) is 3.86. The molecule has 25 heavy (non-hydrogen) atoms. The summed E-state index contributed by atoms with van der Waals surface area (Å²) in [5.74, 6) is 0.144. The van der Waals surface area contributed by atoms with Crippen molar-refractivity contribution < 1.29 is 13.9 Å². The van der Waals surface area contributed by atoms with Gasteiger partial charge in [-0.3, -0.25) is 4.79 Å². The second-order valence-electron chi connectivity index (χ2n) is 5.49. The molecule has 1 amide bonds. The maximum Gasteiger partial charge on any atom is 0.262 e. The third-order valence-corrected chi connectivity index (χ3v) is 4.80. The first kappa shape index (κ1) is 15.5. The third-order valence-electron chi connectivity index (χ3n) is 3.91. The third kappa shape index (κ3) is 2.81. The van der Waals surface area contributed by atoms with E-state index in [0.717, 1.165) is 27.4 Å². The number of anilines is 1. The van der Waals surface area contributed by atoms with E-state index in [4.69, 9.17) is 4.74 Å². The van der Waals surface area contributed by atoms with Crippen LogP contribution in [0.2, 0.25) is 0 Å². The quantitative estimate of drug-likeness (QED) is 0.750. The number of fused-ring (bicyclic) bond motifs is 1. The summed E-state index contributed by atoms with van der Waals surface area (Å²) >= 11 is 1.47. The Labute approximate surface area is 147 Å². The highest BCUT2D eigenvalue weighted by Gasteiger charge is 2.21. The van der Waals surface area contributed by atoms with Crippen LogP contribution in [0.3, 0.4) is 0 Å². The molecule has 0 aliphatic carbocycles. The van der Waals surface area contributed by atoms with Gasteiger partial charge in [-0.2, -0.15) is 0 Å². The monoisotopic (exact) mass is 352 g/mol. The van der Waals surface area contributed by atoms with E-state index >= 15 is 0 Å². The van der Waals surface area contributed by atoms with E-state index < -0.39 is 0 Å². The zero-order chi connectivity index (χ0) is 17.4. The first-order valence-corrected chi connectivity index (χ1v) is 8.47. The SMILES string of the molecule is C=Cc1c(-c2csc(-c3ccc(F)cc3)n2)ccc2c1NC(=O)CO2. The number of nitrogens with one attached hydrogen (secondary N) is 1. The normalized spacial score (nSPS) is 12.9. The fraction of sp³-hybridized carbons (Fsp3) is 0.0526. The lowest BCUT2D eigenvalue weighted by atomic mass is 10.0. The Bertz CT molecular complexity index is 980. The molecule has 6 heteroatoms. The standard InChI is InChI=1S/C19H13FN2O2S/c1-2-13-14(7-8-16-18(13)22-17(23)9-24-16)15-10-25-19(21-15)11-3-5-12(20)6-4-11/h2-8,10H,1,9H2,(H,22,23). The number of aromatic nitrogens is 1. The van der Waals surface area contributed by atoms with Crippen molar-refractivity contribution in [3.63, 3.8) is 0 Å². The average Bonchev–Trinajstić information content (AvgIpc) is 3.11. The summed E-state index contributed by atoms with van der Waals surface area (Å²) in [6.07, 6.45) is 1.68. The molecule has 0 saturated carbocycles. The Morgan fingerprint density at radius 2 is 2.04 bits per heavy atom. The number of thiazole rings is 1. The zero-order valence-electron chi connectivity index (χ0n) is 13.1. The van der Waals surface area contributed by atoms with Gasteiger partial charge in [-0.05, 0) is 36.4 Å². The largest absolute Gasteiger partial charge is 0.482 e. The van der Waals surface area contributed by atoms with Crippen LogP contribution in [0.4, 0.5) is 10.1 Å². The number of hydrogen-bond donors (Lipinski definition) is 1. The van der Waals surface area contributed by atoms with Crippen LogP contribution in [-0.2, 0) is 4.79 Å². The molecule has 0 saturated heterocycles. The Balaban J connectivity index is 1.78. The van der Waals surface area contributed by atoms with Crippen LogP contribution in [0.25, 0.3) is 27.9 Å². The van der Waals surface area contributed by atoms with Gasteiger partial charge in [0.25, 0.3) is 5.91 Å². The van der Waals surface area contributed by atoms with Gasteiger partial charge >= 0.3 is 0 Å². The average molecular weight is 352 g/mol. The first-order chi connectivity index (χ1) is 12.2. The van der Waals surface area contributed by atoms with Gasteiger partial charge in [-0.1, -0.05) is 12.7 Å². The van der Waals surface area contributed by atoms with Crippen LogP contribution in [0.5, 0.6) is 5.75 Å². The summed E-state index contributed by atoms with van der Waals surface area (Å²) in [5.41, 5.74) is 3.85. The van der Waals surface area contributed by atoms with E-state index in [1.165, 1.54) is 23.5 Å². The van der Waals surface area contributed by atoms with Gasteiger partial charge in [0.2, 0.25) is 0 Å². The zero-order valence-corrected chi connectivity index (χ0v) is 13.9. The lowest BCUT2D eigenvalue weighted by Gasteiger charge is -2.21. The van der Waals surface area contributed by atoms with Crippen molar-refractivity contribution in [1.29, 1.82) is 0 Å². The number of rotatable bonds is 3. The van der Waals surface area contributed by atoms with Crippen molar-refractivity contribution in [2.75, 3.05) is 11.9 Å². The fourth-order valence-corrected chi connectivity index (χ4v) is 3.55. The molecule has 1 aliphatic heterocycles. The predicted molar refractivity (Wildman–Crippen MR) is 97.2 cm³/mol. The smallest absolute Gasteiger partial charge is 0.262 e. The van der Waals surface area contributed by atoms with Crippen LogP contribution in [0.15, 0.2) is 48.4 Å². The predicted octanol–water partition coefficient (Wildman–Crippen LogP) is 4.59. The van der Waals surface area contributed by atoms with Gasteiger partial charge in [-0.15, -0.1) is 11.3 Å².